The molecule has 1 saturated heterocycles. The molecule has 0 aromatic carbocycles. The van der Waals surface area contributed by atoms with E-state index in [1.54, 1.807) is 0 Å². The van der Waals surface area contributed by atoms with E-state index in [1.165, 1.54) is 63.4 Å². The van der Waals surface area contributed by atoms with Gasteiger partial charge in [0.25, 0.3) is 0 Å². The van der Waals surface area contributed by atoms with Gasteiger partial charge in [-0.1, -0.05) is 33.1 Å². The van der Waals surface area contributed by atoms with E-state index in [2.05, 4.69) is 38.4 Å². The summed E-state index contributed by atoms with van der Waals surface area (Å²) in [7, 11) is 0. The Morgan fingerprint density at radius 1 is 0.909 bits per heavy atom. The summed E-state index contributed by atoms with van der Waals surface area (Å²) in [6, 6.07) is 0. The maximum atomic E-state index is 4.49. The van der Waals surface area contributed by atoms with Crippen molar-refractivity contribution in [1.82, 2.24) is 24.6 Å². The summed E-state index contributed by atoms with van der Waals surface area (Å²) in [4.78, 5) is 5.10. The number of rotatable bonds is 6. The third kappa shape index (κ3) is 3.69. The first-order chi connectivity index (χ1) is 10.8. The van der Waals surface area contributed by atoms with Gasteiger partial charge in [-0.3, -0.25) is 9.80 Å². The van der Waals surface area contributed by atoms with E-state index in [-0.39, 0.29) is 0 Å². The minimum Gasteiger partial charge on any atom is -0.312 e. The van der Waals surface area contributed by atoms with Crippen LogP contribution in [0.4, 0.5) is 0 Å². The first-order valence-electron chi connectivity index (χ1n) is 9.15. The molecule has 22 heavy (non-hydrogen) atoms. The quantitative estimate of drug-likeness (QED) is 0.809. The topological polar surface area (TPSA) is 37.2 Å². The number of fused-ring (bicyclic) bond motifs is 1. The predicted octanol–water partition coefficient (Wildman–Crippen LogP) is 2.52. The molecular formula is C17H31N5. The molecule has 5 heteroatoms. The SMILES string of the molecule is CCC(CC)CN1CCn2c(CN3CCCCC3)nnc2C1. The van der Waals surface area contributed by atoms with Gasteiger partial charge in [-0.05, 0) is 31.8 Å². The third-order valence-corrected chi connectivity index (χ3v) is 5.39. The van der Waals surface area contributed by atoms with E-state index in [1.807, 2.05) is 0 Å². The normalized spacial score (nSPS) is 20.5. The lowest BCUT2D eigenvalue weighted by Crippen LogP contribution is -2.38. The van der Waals surface area contributed by atoms with Crippen molar-refractivity contribution in [2.45, 2.75) is 65.6 Å². The van der Waals surface area contributed by atoms with Gasteiger partial charge in [-0.25, -0.2) is 0 Å². The number of aromatic nitrogens is 3. The second-order valence-corrected chi connectivity index (χ2v) is 6.94. The summed E-state index contributed by atoms with van der Waals surface area (Å²) in [6.45, 7) is 12.4. The number of nitrogens with zero attached hydrogens (tertiary/aromatic N) is 5. The fourth-order valence-corrected chi connectivity index (χ4v) is 3.77. The van der Waals surface area contributed by atoms with E-state index in [9.17, 15) is 0 Å². The van der Waals surface area contributed by atoms with E-state index in [4.69, 9.17) is 0 Å². The van der Waals surface area contributed by atoms with Crippen molar-refractivity contribution >= 4 is 0 Å². The molecule has 0 amide bonds. The summed E-state index contributed by atoms with van der Waals surface area (Å²) in [6.07, 6.45) is 6.62. The lowest BCUT2D eigenvalue weighted by molar-refractivity contribution is 0.173. The van der Waals surface area contributed by atoms with Crippen LogP contribution in [0, 0.1) is 5.92 Å². The van der Waals surface area contributed by atoms with Crippen molar-refractivity contribution in [2.24, 2.45) is 5.92 Å². The zero-order valence-corrected chi connectivity index (χ0v) is 14.3. The number of piperidine rings is 1. The Balaban J connectivity index is 1.59. The fourth-order valence-electron chi connectivity index (χ4n) is 3.77. The van der Waals surface area contributed by atoms with Crippen molar-refractivity contribution in [3.8, 4) is 0 Å². The molecule has 0 unspecified atom stereocenters. The average Bonchev–Trinajstić information content (AvgIpc) is 2.96. The highest BCUT2D eigenvalue weighted by atomic mass is 15.4. The Kier molecular flexibility index (Phi) is 5.47. The van der Waals surface area contributed by atoms with Crippen molar-refractivity contribution in [1.29, 1.82) is 0 Å². The molecule has 1 aromatic heterocycles. The van der Waals surface area contributed by atoms with Gasteiger partial charge in [0.1, 0.15) is 11.6 Å². The zero-order chi connectivity index (χ0) is 15.4. The van der Waals surface area contributed by atoms with Crippen LogP contribution in [-0.4, -0.2) is 50.7 Å². The Bertz CT molecular complexity index is 460. The van der Waals surface area contributed by atoms with E-state index in [0.717, 1.165) is 32.1 Å². The monoisotopic (exact) mass is 305 g/mol. The fraction of sp³-hybridized carbons (Fsp3) is 0.882. The molecule has 1 aromatic rings. The van der Waals surface area contributed by atoms with Crippen LogP contribution in [0.15, 0.2) is 0 Å². The molecule has 0 radical (unpaired) electrons. The molecule has 0 spiro atoms. The smallest absolute Gasteiger partial charge is 0.147 e. The molecular weight excluding hydrogens is 274 g/mol. The highest BCUT2D eigenvalue weighted by Crippen LogP contribution is 2.18. The molecule has 2 aliphatic rings. The lowest BCUT2D eigenvalue weighted by Gasteiger charge is -2.31. The Morgan fingerprint density at radius 3 is 2.41 bits per heavy atom. The molecule has 0 atom stereocenters. The summed E-state index contributed by atoms with van der Waals surface area (Å²) < 4.78 is 2.37. The van der Waals surface area contributed by atoms with Crippen LogP contribution in [0.5, 0.6) is 0 Å². The van der Waals surface area contributed by atoms with E-state index in [0.29, 0.717) is 0 Å². The van der Waals surface area contributed by atoms with Crippen LogP contribution < -0.4 is 0 Å². The van der Waals surface area contributed by atoms with Crippen molar-refractivity contribution in [2.75, 3.05) is 26.2 Å². The van der Waals surface area contributed by atoms with Crippen molar-refractivity contribution < 1.29 is 0 Å². The Hall–Kier alpha value is -0.940. The predicted molar refractivity (Wildman–Crippen MR) is 88.5 cm³/mol. The second-order valence-electron chi connectivity index (χ2n) is 6.94. The maximum Gasteiger partial charge on any atom is 0.147 e. The summed E-state index contributed by atoms with van der Waals surface area (Å²) in [5.41, 5.74) is 0. The van der Waals surface area contributed by atoms with E-state index < -0.39 is 0 Å². The highest BCUT2D eigenvalue weighted by Gasteiger charge is 2.23. The molecule has 2 aliphatic heterocycles. The second kappa shape index (κ2) is 7.55. The van der Waals surface area contributed by atoms with Gasteiger partial charge in [0, 0.05) is 19.6 Å². The van der Waals surface area contributed by atoms with Gasteiger partial charge < -0.3 is 4.57 Å². The van der Waals surface area contributed by atoms with Gasteiger partial charge >= 0.3 is 0 Å². The first kappa shape index (κ1) is 15.9. The molecule has 3 heterocycles. The average molecular weight is 305 g/mol. The van der Waals surface area contributed by atoms with E-state index >= 15 is 0 Å². The molecule has 0 bridgehead atoms. The minimum atomic E-state index is 0.822. The standard InChI is InChI=1S/C17H31N5/c1-3-15(4-2)12-21-10-11-22-16(18-19-17(22)14-21)13-20-8-6-5-7-9-20/h15H,3-14H2,1-2H3. The molecule has 1 fully saturated rings. The number of hydrogen-bond acceptors (Lipinski definition) is 4. The molecule has 0 aliphatic carbocycles. The maximum absolute atomic E-state index is 4.49. The largest absolute Gasteiger partial charge is 0.312 e. The Morgan fingerprint density at radius 2 is 1.68 bits per heavy atom. The number of hydrogen-bond donors (Lipinski definition) is 0. The van der Waals surface area contributed by atoms with Crippen molar-refractivity contribution in [3.63, 3.8) is 0 Å². The summed E-state index contributed by atoms with van der Waals surface area (Å²) in [5, 5.41) is 8.97. The van der Waals surface area contributed by atoms with Crippen molar-refractivity contribution in [3.05, 3.63) is 11.6 Å². The van der Waals surface area contributed by atoms with Gasteiger partial charge in [0.05, 0.1) is 13.1 Å². The minimum absolute atomic E-state index is 0.822. The van der Waals surface area contributed by atoms with Crippen LogP contribution in [0.3, 0.4) is 0 Å². The van der Waals surface area contributed by atoms with Crippen LogP contribution in [-0.2, 0) is 19.6 Å². The van der Waals surface area contributed by atoms with Crippen LogP contribution in [0.1, 0.15) is 57.6 Å². The Labute approximate surface area is 134 Å². The molecule has 0 N–H and O–H groups in total. The summed E-state index contributed by atoms with van der Waals surface area (Å²) >= 11 is 0. The van der Waals surface area contributed by atoms with Gasteiger partial charge in [-0.15, -0.1) is 10.2 Å². The number of likely N-dealkylation sites (tertiary alicyclic amines) is 1. The first-order valence-corrected chi connectivity index (χ1v) is 9.15. The third-order valence-electron chi connectivity index (χ3n) is 5.39. The van der Waals surface area contributed by atoms with Gasteiger partial charge in [0.15, 0.2) is 0 Å². The molecule has 5 nitrogen and oxygen atoms in total. The van der Waals surface area contributed by atoms with Crippen LogP contribution in [0.2, 0.25) is 0 Å². The van der Waals surface area contributed by atoms with Gasteiger partial charge in [-0.2, -0.15) is 0 Å². The van der Waals surface area contributed by atoms with Gasteiger partial charge in [0.2, 0.25) is 0 Å². The van der Waals surface area contributed by atoms with Crippen LogP contribution in [0.25, 0.3) is 0 Å². The molecule has 3 rings (SSSR count). The molecule has 124 valence electrons. The molecule has 0 saturated carbocycles. The zero-order valence-electron chi connectivity index (χ0n) is 14.3. The lowest BCUT2D eigenvalue weighted by atomic mass is 10.0. The highest BCUT2D eigenvalue weighted by molar-refractivity contribution is 4.99. The summed E-state index contributed by atoms with van der Waals surface area (Å²) in [5.74, 6) is 3.17. The van der Waals surface area contributed by atoms with Crippen LogP contribution >= 0.6 is 0 Å².